The van der Waals surface area contributed by atoms with Gasteiger partial charge < -0.3 is 50.1 Å². The molecule has 3 aromatic rings. The van der Waals surface area contributed by atoms with Crippen LogP contribution in [0.1, 0.15) is 16.7 Å². The van der Waals surface area contributed by atoms with E-state index in [9.17, 15) is 49.5 Å². The highest BCUT2D eigenvalue weighted by Gasteiger charge is 2.23. The maximum Gasteiger partial charge on any atom is 0.323 e. The number of benzene rings is 4. The van der Waals surface area contributed by atoms with Crippen molar-refractivity contribution in [2.45, 2.75) is 19.8 Å². The average molecular weight is 701 g/mol. The third kappa shape index (κ3) is 8.10. The van der Waals surface area contributed by atoms with Crippen molar-refractivity contribution in [2.75, 3.05) is 36.9 Å². The van der Waals surface area contributed by atoms with Gasteiger partial charge in [-0.15, -0.1) is 0 Å². The first-order chi connectivity index (χ1) is 24.2. The van der Waals surface area contributed by atoms with Crippen molar-refractivity contribution in [1.29, 1.82) is 0 Å². The van der Waals surface area contributed by atoms with Gasteiger partial charge in [0.25, 0.3) is 0 Å². The number of phenols is 1. The summed E-state index contributed by atoms with van der Waals surface area (Å²) in [4.78, 5) is 59.8. The van der Waals surface area contributed by atoms with Crippen LogP contribution < -0.4 is 25.5 Å². The lowest BCUT2D eigenvalue weighted by Crippen LogP contribution is -2.34. The number of hydrogen-bond acceptors (Lipinski definition) is 11. The molecule has 0 amide bonds. The van der Waals surface area contributed by atoms with E-state index in [1.54, 1.807) is 31.2 Å². The normalized spacial score (nSPS) is 11.0. The Labute approximate surface area is 288 Å². The zero-order valence-electron chi connectivity index (χ0n) is 27.0. The van der Waals surface area contributed by atoms with Gasteiger partial charge in [-0.2, -0.15) is 0 Å². The molecule has 5 rings (SSSR count). The van der Waals surface area contributed by atoms with Crippen LogP contribution >= 0.6 is 0 Å². The molecule has 0 atom stereocenters. The lowest BCUT2D eigenvalue weighted by atomic mass is 9.93. The summed E-state index contributed by atoms with van der Waals surface area (Å²) >= 11 is 0. The highest BCUT2D eigenvalue weighted by molar-refractivity contribution is 6.02. The largest absolute Gasteiger partial charge is 0.508 e. The molecule has 3 aromatic carbocycles. The highest BCUT2D eigenvalue weighted by atomic mass is 16.5. The fraction of sp³-hybridized carbons (Fsp3) is 0.194. The molecule has 1 heterocycles. The molecule has 15 nitrogen and oxygen atoms in total. The predicted octanol–water partition coefficient (Wildman–Crippen LogP) is 3.85. The van der Waals surface area contributed by atoms with E-state index in [1.165, 1.54) is 36.4 Å². The van der Waals surface area contributed by atoms with Gasteiger partial charge in [-0.1, -0.05) is 6.07 Å². The molecule has 0 unspecified atom stereocenters. The van der Waals surface area contributed by atoms with Crippen LogP contribution in [0.25, 0.3) is 33.4 Å². The Kier molecular flexibility index (Phi) is 10.3. The van der Waals surface area contributed by atoms with Crippen molar-refractivity contribution in [3.63, 3.8) is 0 Å². The molecule has 0 bridgehead atoms. The molecule has 0 saturated carbocycles. The Morgan fingerprint density at radius 1 is 0.765 bits per heavy atom. The van der Waals surface area contributed by atoms with Crippen molar-refractivity contribution in [3.8, 4) is 39.7 Å². The standard InChI is InChI=1S/C36H32N2O13/c1-18-10-30(36(37)25(15-32(43)44)24(18)14-31(41)42)50-9-8-49-29-11-19(2-7-26(29)38(16-33(45)46)17-34(47)48)35-22-5-3-20(39)12-27(22)51-28-13-21(40)4-6-23(28)35/h2-7,10-13,39H,8-9,14-17,37H2,1H3,(H,41,42)(H,43,44)(H,45,46)(H,47,48). The number of fused-ring (bicyclic) bond motifs is 2. The molecular weight excluding hydrogens is 668 g/mol. The number of nitrogen functional groups attached to an aromatic ring is 1. The Balaban J connectivity index is 1.54. The minimum Gasteiger partial charge on any atom is -0.508 e. The van der Waals surface area contributed by atoms with Crippen molar-refractivity contribution in [1.82, 2.24) is 0 Å². The van der Waals surface area contributed by atoms with Crippen molar-refractivity contribution in [2.24, 2.45) is 0 Å². The van der Waals surface area contributed by atoms with Gasteiger partial charge in [0.05, 0.1) is 24.2 Å². The molecule has 0 fully saturated rings. The van der Waals surface area contributed by atoms with Gasteiger partial charge in [0.1, 0.15) is 54.9 Å². The van der Waals surface area contributed by atoms with Gasteiger partial charge in [-0.3, -0.25) is 24.0 Å². The van der Waals surface area contributed by atoms with Crippen LogP contribution in [0.3, 0.4) is 0 Å². The fourth-order valence-corrected chi connectivity index (χ4v) is 5.85. The topological polar surface area (TPSA) is 247 Å². The number of rotatable bonds is 15. The SMILES string of the molecule is Cc1cc(OCCOc2cc(-c3c4ccc(=O)cc-4oc4cc(O)ccc34)ccc2N(CC(=O)O)CC(=O)O)c(N)c(CC(=O)O)c1CC(=O)O. The zero-order chi connectivity index (χ0) is 37.0. The number of phenolic OH excluding ortho intramolecular Hbond substituents is 1. The number of hydrogen-bond donors (Lipinski definition) is 6. The van der Waals surface area contributed by atoms with Crippen LogP contribution in [-0.4, -0.2) is 75.7 Å². The number of carboxylic acid groups (broad SMARTS) is 4. The molecule has 264 valence electrons. The van der Waals surface area contributed by atoms with E-state index in [0.29, 0.717) is 27.6 Å². The minimum atomic E-state index is -1.29. The van der Waals surface area contributed by atoms with Crippen molar-refractivity contribution < 1.29 is 58.6 Å². The van der Waals surface area contributed by atoms with Gasteiger partial charge in [0, 0.05) is 28.6 Å². The van der Waals surface area contributed by atoms with E-state index in [2.05, 4.69) is 0 Å². The first-order valence-corrected chi connectivity index (χ1v) is 15.3. The van der Waals surface area contributed by atoms with Crippen LogP contribution in [0.4, 0.5) is 11.4 Å². The molecule has 0 spiro atoms. The van der Waals surface area contributed by atoms with Gasteiger partial charge in [-0.05, 0) is 71.6 Å². The second-order valence-corrected chi connectivity index (χ2v) is 11.5. The van der Waals surface area contributed by atoms with E-state index in [-0.39, 0.29) is 69.7 Å². The summed E-state index contributed by atoms with van der Waals surface area (Å²) < 4.78 is 17.9. The van der Waals surface area contributed by atoms with Crippen molar-refractivity contribution >= 4 is 46.2 Å². The summed E-state index contributed by atoms with van der Waals surface area (Å²) in [5.41, 5.74) is 8.76. The van der Waals surface area contributed by atoms with Crippen LogP contribution in [0, 0.1) is 6.92 Å². The smallest absolute Gasteiger partial charge is 0.323 e. The molecule has 1 aliphatic heterocycles. The van der Waals surface area contributed by atoms with E-state index < -0.39 is 49.8 Å². The molecule has 1 aliphatic carbocycles. The molecule has 15 heteroatoms. The minimum absolute atomic E-state index is 0.0449. The van der Waals surface area contributed by atoms with Crippen LogP contribution in [0.2, 0.25) is 0 Å². The van der Waals surface area contributed by atoms with E-state index in [4.69, 9.17) is 19.6 Å². The highest BCUT2D eigenvalue weighted by Crippen LogP contribution is 2.43. The van der Waals surface area contributed by atoms with E-state index in [0.717, 1.165) is 4.90 Å². The monoisotopic (exact) mass is 700 g/mol. The zero-order valence-corrected chi connectivity index (χ0v) is 27.0. The first-order valence-electron chi connectivity index (χ1n) is 15.3. The van der Waals surface area contributed by atoms with Crippen LogP contribution in [0.15, 0.2) is 69.9 Å². The molecule has 7 N–H and O–H groups in total. The molecule has 0 radical (unpaired) electrons. The number of aryl methyl sites for hydroxylation is 1. The van der Waals surface area contributed by atoms with Gasteiger partial charge in [0.2, 0.25) is 0 Å². The van der Waals surface area contributed by atoms with Crippen LogP contribution in [-0.2, 0) is 32.0 Å². The second kappa shape index (κ2) is 14.8. The number of carboxylic acids is 4. The maximum atomic E-state index is 12.2. The van der Waals surface area contributed by atoms with Crippen LogP contribution in [0.5, 0.6) is 17.2 Å². The quantitative estimate of drug-likeness (QED) is 0.0516. The molecule has 2 aliphatic rings. The van der Waals surface area contributed by atoms with Gasteiger partial charge >= 0.3 is 23.9 Å². The molecule has 51 heavy (non-hydrogen) atoms. The molecule has 0 aromatic heterocycles. The number of nitrogens with zero attached hydrogens (tertiary/aromatic N) is 1. The average Bonchev–Trinajstić information content (AvgIpc) is 3.04. The third-order valence-corrected chi connectivity index (χ3v) is 7.95. The first kappa shape index (κ1) is 35.5. The van der Waals surface area contributed by atoms with E-state index in [1.807, 2.05) is 0 Å². The van der Waals surface area contributed by atoms with E-state index >= 15 is 0 Å². The summed E-state index contributed by atoms with van der Waals surface area (Å²) in [6.45, 7) is -0.103. The van der Waals surface area contributed by atoms with Gasteiger partial charge in [0.15, 0.2) is 5.43 Å². The number of anilines is 2. The lowest BCUT2D eigenvalue weighted by Gasteiger charge is -2.25. The number of nitrogens with two attached hydrogens (primary N) is 1. The lowest BCUT2D eigenvalue weighted by molar-refractivity contribution is -0.137. The Hall–Kier alpha value is -6.77. The summed E-state index contributed by atoms with van der Waals surface area (Å²) in [6.07, 6.45) is -0.975. The summed E-state index contributed by atoms with van der Waals surface area (Å²) in [5, 5.41) is 48.6. The second-order valence-electron chi connectivity index (χ2n) is 11.5. The molecule has 0 saturated heterocycles. The number of ether oxygens (including phenoxy) is 2. The Morgan fingerprint density at radius 2 is 1.41 bits per heavy atom. The summed E-state index contributed by atoms with van der Waals surface area (Å²) in [7, 11) is 0. The Bertz CT molecular complexity index is 2190. The number of carbonyl (C=O) groups is 4. The third-order valence-electron chi connectivity index (χ3n) is 7.95. The summed E-state index contributed by atoms with van der Waals surface area (Å²) in [6, 6.07) is 14.9. The number of aromatic hydroxyl groups is 1. The molecular formula is C36H32N2O13. The summed E-state index contributed by atoms with van der Waals surface area (Å²) in [5.74, 6) is -4.63. The Morgan fingerprint density at radius 3 is 2.06 bits per heavy atom. The van der Waals surface area contributed by atoms with Crippen molar-refractivity contribution in [3.05, 3.63) is 87.6 Å². The number of aliphatic carboxylic acids is 4. The van der Waals surface area contributed by atoms with Gasteiger partial charge in [-0.25, -0.2) is 0 Å². The maximum absolute atomic E-state index is 12.2. The predicted molar refractivity (Wildman–Crippen MR) is 183 cm³/mol. The fourth-order valence-electron chi connectivity index (χ4n) is 5.85.